The molecule has 0 aromatic rings. The summed E-state index contributed by atoms with van der Waals surface area (Å²) < 4.78 is 4.91. The van der Waals surface area contributed by atoms with Crippen LogP contribution < -0.4 is 5.73 Å². The minimum absolute atomic E-state index is 0.722. The molecule has 1 fully saturated rings. The summed E-state index contributed by atoms with van der Waals surface area (Å²) in [7, 11) is 0. The summed E-state index contributed by atoms with van der Waals surface area (Å²) >= 11 is 0. The summed E-state index contributed by atoms with van der Waals surface area (Å²) in [5, 5.41) is 49.8. The fourth-order valence-corrected chi connectivity index (χ4v) is 1.63. The Morgan fingerprint density at radius 1 is 1.41 bits per heavy atom. The SMILES string of the molecule is [N-]=[N+]=N[C@]1(C(N)O)O[C@H](CO)[C@@H](O)[C@H](O)[C@H]1O. The second kappa shape index (κ2) is 5.12. The van der Waals surface area contributed by atoms with Crippen molar-refractivity contribution in [3.8, 4) is 0 Å². The van der Waals surface area contributed by atoms with E-state index in [1.807, 2.05) is 0 Å². The van der Waals surface area contributed by atoms with E-state index in [0.29, 0.717) is 0 Å². The maximum atomic E-state index is 9.65. The van der Waals surface area contributed by atoms with Crippen molar-refractivity contribution in [2.45, 2.75) is 36.4 Å². The van der Waals surface area contributed by atoms with Crippen LogP contribution in [0, 0.1) is 0 Å². The molecular formula is C7H14N4O6. The molecule has 10 nitrogen and oxygen atoms in total. The highest BCUT2D eigenvalue weighted by atomic mass is 16.6. The highest BCUT2D eigenvalue weighted by Gasteiger charge is 2.56. The average molecular weight is 250 g/mol. The highest BCUT2D eigenvalue weighted by Crippen LogP contribution is 2.33. The molecule has 0 aromatic heterocycles. The van der Waals surface area contributed by atoms with Gasteiger partial charge in [0.05, 0.1) is 6.61 Å². The number of hydrogen-bond acceptors (Lipinski definition) is 8. The number of nitrogens with zero attached hydrogens (tertiary/aromatic N) is 3. The molecule has 10 heteroatoms. The molecule has 0 bridgehead atoms. The molecule has 1 aliphatic heterocycles. The average Bonchev–Trinajstić information content (AvgIpc) is 2.30. The molecule has 1 heterocycles. The number of aliphatic hydroxyl groups is 5. The minimum Gasteiger partial charge on any atom is -0.394 e. The molecule has 0 saturated carbocycles. The Bertz CT molecular complexity index is 319. The van der Waals surface area contributed by atoms with Crippen LogP contribution in [0.2, 0.25) is 0 Å². The zero-order valence-electron chi connectivity index (χ0n) is 8.66. The molecule has 1 aliphatic rings. The molecule has 1 rings (SSSR count). The van der Waals surface area contributed by atoms with Crippen LogP contribution in [0.1, 0.15) is 0 Å². The van der Waals surface area contributed by atoms with Crippen LogP contribution in [0.4, 0.5) is 0 Å². The zero-order valence-corrected chi connectivity index (χ0v) is 8.66. The van der Waals surface area contributed by atoms with E-state index in [9.17, 15) is 20.4 Å². The van der Waals surface area contributed by atoms with E-state index >= 15 is 0 Å². The molecule has 0 aromatic carbocycles. The number of azide groups is 1. The Morgan fingerprint density at radius 2 is 2.00 bits per heavy atom. The van der Waals surface area contributed by atoms with E-state index in [2.05, 4.69) is 10.0 Å². The lowest BCUT2D eigenvalue weighted by Gasteiger charge is -2.46. The largest absolute Gasteiger partial charge is 0.394 e. The molecule has 6 atom stereocenters. The maximum absolute atomic E-state index is 9.65. The van der Waals surface area contributed by atoms with E-state index in [0.717, 1.165) is 0 Å². The summed E-state index contributed by atoms with van der Waals surface area (Å²) in [4.78, 5) is 2.36. The van der Waals surface area contributed by atoms with Gasteiger partial charge in [-0.2, -0.15) is 0 Å². The third-order valence-corrected chi connectivity index (χ3v) is 2.62. The predicted molar refractivity (Wildman–Crippen MR) is 52.1 cm³/mol. The first-order valence-corrected chi connectivity index (χ1v) is 4.73. The van der Waals surface area contributed by atoms with Crippen LogP contribution in [-0.4, -0.2) is 68.5 Å². The Morgan fingerprint density at radius 3 is 2.41 bits per heavy atom. The Kier molecular flexibility index (Phi) is 4.25. The number of nitrogens with two attached hydrogens (primary N) is 1. The van der Waals surface area contributed by atoms with Crippen LogP contribution in [-0.2, 0) is 4.74 Å². The van der Waals surface area contributed by atoms with Gasteiger partial charge < -0.3 is 36.0 Å². The van der Waals surface area contributed by atoms with Crippen molar-refractivity contribution in [2.24, 2.45) is 10.8 Å². The van der Waals surface area contributed by atoms with Crippen LogP contribution in [0.3, 0.4) is 0 Å². The first kappa shape index (κ1) is 14.1. The lowest BCUT2D eigenvalue weighted by Crippen LogP contribution is -2.69. The van der Waals surface area contributed by atoms with Gasteiger partial charge in [-0.1, -0.05) is 5.11 Å². The van der Waals surface area contributed by atoms with Gasteiger partial charge in [-0.05, 0) is 5.53 Å². The molecule has 1 saturated heterocycles. The number of rotatable bonds is 3. The van der Waals surface area contributed by atoms with Crippen LogP contribution in [0.25, 0.3) is 10.4 Å². The normalized spacial score (nSPS) is 43.9. The number of ether oxygens (including phenoxy) is 1. The maximum Gasteiger partial charge on any atom is 0.214 e. The first-order chi connectivity index (χ1) is 7.90. The van der Waals surface area contributed by atoms with Gasteiger partial charge in [0.25, 0.3) is 0 Å². The van der Waals surface area contributed by atoms with Crippen molar-refractivity contribution in [3.05, 3.63) is 10.4 Å². The lowest BCUT2D eigenvalue weighted by atomic mass is 9.90. The van der Waals surface area contributed by atoms with Crippen LogP contribution in [0.15, 0.2) is 5.11 Å². The molecule has 98 valence electrons. The standard InChI is InChI=1S/C7H14N4O6/c8-6(16)7(10-11-9)5(15)4(14)3(13)2(1-12)17-7/h2-6,12-16H,1,8H2/t2-,3-,4+,5-,6?,7+/m1/s1. The predicted octanol–water partition coefficient (Wildman–Crippen LogP) is -3.26. The number of aliphatic hydroxyl groups excluding tert-OH is 5. The Balaban J connectivity index is 3.16. The second-order valence-electron chi connectivity index (χ2n) is 3.65. The molecular weight excluding hydrogens is 236 g/mol. The molecule has 0 radical (unpaired) electrons. The smallest absolute Gasteiger partial charge is 0.214 e. The van der Waals surface area contributed by atoms with E-state index in [4.69, 9.17) is 21.1 Å². The minimum atomic E-state index is -2.36. The third-order valence-electron chi connectivity index (χ3n) is 2.62. The van der Waals surface area contributed by atoms with Gasteiger partial charge in [0.15, 0.2) is 0 Å². The summed E-state index contributed by atoms with van der Waals surface area (Å²) in [6, 6.07) is 0. The van der Waals surface area contributed by atoms with Gasteiger partial charge in [-0.15, -0.1) is 0 Å². The zero-order chi connectivity index (χ0) is 13.2. The van der Waals surface area contributed by atoms with E-state index in [1.165, 1.54) is 0 Å². The number of hydrogen-bond donors (Lipinski definition) is 6. The highest BCUT2D eigenvalue weighted by molar-refractivity contribution is 5.02. The van der Waals surface area contributed by atoms with Gasteiger partial charge >= 0.3 is 0 Å². The molecule has 1 unspecified atom stereocenters. The first-order valence-electron chi connectivity index (χ1n) is 4.73. The van der Waals surface area contributed by atoms with Crippen molar-refractivity contribution < 1.29 is 30.3 Å². The van der Waals surface area contributed by atoms with Gasteiger partial charge in [0, 0.05) is 4.91 Å². The molecule has 0 aliphatic carbocycles. The monoisotopic (exact) mass is 250 g/mol. The lowest BCUT2D eigenvalue weighted by molar-refractivity contribution is -0.295. The van der Waals surface area contributed by atoms with Crippen molar-refractivity contribution in [3.63, 3.8) is 0 Å². The van der Waals surface area contributed by atoms with E-state index < -0.39 is 43.0 Å². The van der Waals surface area contributed by atoms with Crippen LogP contribution in [0.5, 0.6) is 0 Å². The van der Waals surface area contributed by atoms with Crippen molar-refractivity contribution >= 4 is 0 Å². The van der Waals surface area contributed by atoms with Gasteiger partial charge in [-0.25, -0.2) is 0 Å². The Hall–Kier alpha value is -0.970. The Labute approximate surface area is 95.5 Å². The topological polar surface area (TPSA) is 185 Å². The molecule has 7 N–H and O–H groups in total. The molecule has 0 amide bonds. The third kappa shape index (κ3) is 2.20. The van der Waals surface area contributed by atoms with Gasteiger partial charge in [-0.3, -0.25) is 0 Å². The quantitative estimate of drug-likeness (QED) is 0.131. The molecule has 0 spiro atoms. The summed E-state index contributed by atoms with van der Waals surface area (Å²) in [5.41, 5.74) is 11.1. The fraction of sp³-hybridized carbons (Fsp3) is 1.00. The van der Waals surface area contributed by atoms with Crippen molar-refractivity contribution in [2.75, 3.05) is 6.61 Å². The molecule has 17 heavy (non-hydrogen) atoms. The summed E-state index contributed by atoms with van der Waals surface area (Å²) in [6.07, 6.45) is -8.61. The van der Waals surface area contributed by atoms with Gasteiger partial charge in [0.2, 0.25) is 5.72 Å². The van der Waals surface area contributed by atoms with Crippen molar-refractivity contribution in [1.82, 2.24) is 0 Å². The summed E-state index contributed by atoms with van der Waals surface area (Å²) in [6.45, 7) is -0.722. The van der Waals surface area contributed by atoms with E-state index in [-0.39, 0.29) is 0 Å². The van der Waals surface area contributed by atoms with Crippen molar-refractivity contribution in [1.29, 1.82) is 0 Å². The summed E-state index contributed by atoms with van der Waals surface area (Å²) in [5.74, 6) is 0. The van der Waals surface area contributed by atoms with E-state index in [1.54, 1.807) is 0 Å². The fourth-order valence-electron chi connectivity index (χ4n) is 1.63. The second-order valence-corrected chi connectivity index (χ2v) is 3.65. The van der Waals surface area contributed by atoms with Crippen LogP contribution >= 0.6 is 0 Å². The van der Waals surface area contributed by atoms with Gasteiger partial charge in [0.1, 0.15) is 30.6 Å².